The molecule has 100 valence electrons. The van der Waals surface area contributed by atoms with Crippen molar-refractivity contribution in [2.45, 2.75) is 6.42 Å². The van der Waals surface area contributed by atoms with Gasteiger partial charge in [0.1, 0.15) is 0 Å². The van der Waals surface area contributed by atoms with Gasteiger partial charge in [-0.3, -0.25) is 9.69 Å². The smallest absolute Gasteiger partial charge is 0.227 e. The number of carbonyl (C=O) groups excluding carboxylic acids is 1. The van der Waals surface area contributed by atoms with Crippen LogP contribution in [0.15, 0.2) is 28.7 Å². The molecule has 5 heteroatoms. The summed E-state index contributed by atoms with van der Waals surface area (Å²) in [4.78, 5) is 16.1. The first kappa shape index (κ1) is 14.0. The highest BCUT2D eigenvalue weighted by Gasteiger charge is 2.20. The second kappa shape index (κ2) is 6.69. The van der Waals surface area contributed by atoms with Gasteiger partial charge in [-0.25, -0.2) is 0 Å². The number of piperazine rings is 1. The fourth-order valence-electron chi connectivity index (χ4n) is 2.14. The lowest BCUT2D eigenvalue weighted by Crippen LogP contribution is -2.49. The van der Waals surface area contributed by atoms with E-state index < -0.39 is 0 Å². The average Bonchev–Trinajstić information content (AvgIpc) is 2.42. The van der Waals surface area contributed by atoms with Crippen molar-refractivity contribution in [3.8, 4) is 6.07 Å². The summed E-state index contributed by atoms with van der Waals surface area (Å²) in [6, 6.07) is 9.98. The van der Waals surface area contributed by atoms with Crippen molar-refractivity contribution >= 4 is 21.8 Å². The Kier molecular flexibility index (Phi) is 4.94. The zero-order chi connectivity index (χ0) is 13.7. The lowest BCUT2D eigenvalue weighted by atomic mass is 10.1. The molecule has 0 radical (unpaired) electrons. The predicted octanol–water partition coefficient (Wildman–Crippen LogP) is 1.66. The minimum atomic E-state index is 0.166. The first-order chi connectivity index (χ1) is 9.19. The van der Waals surface area contributed by atoms with Crippen molar-refractivity contribution in [1.82, 2.24) is 9.80 Å². The van der Waals surface area contributed by atoms with Crippen LogP contribution in [0.3, 0.4) is 0 Å². The van der Waals surface area contributed by atoms with Gasteiger partial charge >= 0.3 is 0 Å². The molecule has 0 bridgehead atoms. The van der Waals surface area contributed by atoms with E-state index in [-0.39, 0.29) is 5.91 Å². The van der Waals surface area contributed by atoms with Crippen LogP contribution in [0.2, 0.25) is 0 Å². The van der Waals surface area contributed by atoms with Crippen molar-refractivity contribution in [2.75, 3.05) is 32.7 Å². The van der Waals surface area contributed by atoms with Crippen LogP contribution in [0.4, 0.5) is 0 Å². The van der Waals surface area contributed by atoms with Crippen molar-refractivity contribution in [3.63, 3.8) is 0 Å². The molecule has 0 N–H and O–H groups in total. The Morgan fingerprint density at radius 2 is 1.84 bits per heavy atom. The third-order valence-electron chi connectivity index (χ3n) is 3.29. The highest BCUT2D eigenvalue weighted by atomic mass is 79.9. The molecule has 1 aliphatic rings. The standard InChI is InChI=1S/C14H16BrN3O/c15-13-3-1-12(2-4-13)11-14(19)18-9-7-17(6-5-16)8-10-18/h1-4H,6-11H2. The number of hydrogen-bond donors (Lipinski definition) is 0. The van der Waals surface area contributed by atoms with Crippen LogP contribution < -0.4 is 0 Å². The fourth-order valence-corrected chi connectivity index (χ4v) is 2.41. The largest absolute Gasteiger partial charge is 0.340 e. The van der Waals surface area contributed by atoms with E-state index in [1.807, 2.05) is 29.2 Å². The van der Waals surface area contributed by atoms with E-state index in [0.29, 0.717) is 13.0 Å². The molecule has 1 heterocycles. The van der Waals surface area contributed by atoms with E-state index in [0.717, 1.165) is 36.2 Å². The molecule has 4 nitrogen and oxygen atoms in total. The van der Waals surface area contributed by atoms with Gasteiger partial charge in [0.25, 0.3) is 0 Å². The molecule has 1 fully saturated rings. The average molecular weight is 322 g/mol. The highest BCUT2D eigenvalue weighted by Crippen LogP contribution is 2.12. The molecule has 1 amide bonds. The van der Waals surface area contributed by atoms with Crippen LogP contribution in [0, 0.1) is 11.3 Å². The van der Waals surface area contributed by atoms with E-state index >= 15 is 0 Å². The molecule has 0 atom stereocenters. The summed E-state index contributed by atoms with van der Waals surface area (Å²) < 4.78 is 1.02. The molecule has 0 aliphatic carbocycles. The number of carbonyl (C=O) groups is 1. The Morgan fingerprint density at radius 1 is 1.21 bits per heavy atom. The Hall–Kier alpha value is -1.38. The fraction of sp³-hybridized carbons (Fsp3) is 0.429. The van der Waals surface area contributed by atoms with Crippen LogP contribution >= 0.6 is 15.9 Å². The zero-order valence-corrected chi connectivity index (χ0v) is 12.3. The third-order valence-corrected chi connectivity index (χ3v) is 3.82. The third kappa shape index (κ3) is 4.05. The first-order valence-corrected chi connectivity index (χ1v) is 7.10. The Morgan fingerprint density at radius 3 is 2.42 bits per heavy atom. The zero-order valence-electron chi connectivity index (χ0n) is 10.7. The minimum absolute atomic E-state index is 0.166. The van der Waals surface area contributed by atoms with Crippen LogP contribution in [0.1, 0.15) is 5.56 Å². The lowest BCUT2D eigenvalue weighted by molar-refractivity contribution is -0.132. The number of halogens is 1. The number of nitrogens with zero attached hydrogens (tertiary/aromatic N) is 3. The molecule has 1 saturated heterocycles. The molecule has 0 spiro atoms. The minimum Gasteiger partial charge on any atom is -0.340 e. The van der Waals surface area contributed by atoms with Crippen LogP contribution in [-0.2, 0) is 11.2 Å². The summed E-state index contributed by atoms with van der Waals surface area (Å²) >= 11 is 3.38. The predicted molar refractivity (Wildman–Crippen MR) is 76.5 cm³/mol. The number of rotatable bonds is 3. The Bertz CT molecular complexity index is 472. The second-order valence-corrected chi connectivity index (χ2v) is 5.53. The van der Waals surface area contributed by atoms with Crippen molar-refractivity contribution < 1.29 is 4.79 Å². The molecule has 19 heavy (non-hydrogen) atoms. The molecule has 0 aromatic heterocycles. The highest BCUT2D eigenvalue weighted by molar-refractivity contribution is 9.10. The second-order valence-electron chi connectivity index (χ2n) is 4.62. The van der Waals surface area contributed by atoms with Gasteiger partial charge in [-0.2, -0.15) is 5.26 Å². The monoisotopic (exact) mass is 321 g/mol. The van der Waals surface area contributed by atoms with Gasteiger partial charge in [0.05, 0.1) is 19.0 Å². The van der Waals surface area contributed by atoms with Crippen molar-refractivity contribution in [2.24, 2.45) is 0 Å². The van der Waals surface area contributed by atoms with Gasteiger partial charge in [0.2, 0.25) is 5.91 Å². The molecule has 1 aromatic carbocycles. The lowest BCUT2D eigenvalue weighted by Gasteiger charge is -2.33. The van der Waals surface area contributed by atoms with E-state index in [1.165, 1.54) is 0 Å². The molecule has 1 aliphatic heterocycles. The van der Waals surface area contributed by atoms with Gasteiger partial charge in [-0.05, 0) is 17.7 Å². The topological polar surface area (TPSA) is 47.3 Å². The number of benzene rings is 1. The van der Waals surface area contributed by atoms with Crippen LogP contribution in [0.25, 0.3) is 0 Å². The summed E-state index contributed by atoms with van der Waals surface area (Å²) in [5.74, 6) is 0.166. The number of hydrogen-bond acceptors (Lipinski definition) is 3. The summed E-state index contributed by atoms with van der Waals surface area (Å²) in [6.07, 6.45) is 0.450. The maximum Gasteiger partial charge on any atom is 0.227 e. The summed E-state index contributed by atoms with van der Waals surface area (Å²) in [7, 11) is 0. The normalized spacial score (nSPS) is 16.1. The number of nitriles is 1. The summed E-state index contributed by atoms with van der Waals surface area (Å²) in [5, 5.41) is 8.63. The van der Waals surface area contributed by atoms with Crippen LogP contribution in [0.5, 0.6) is 0 Å². The Balaban J connectivity index is 1.85. The summed E-state index contributed by atoms with van der Waals surface area (Å²) in [6.45, 7) is 3.47. The van der Waals surface area contributed by atoms with E-state index in [1.54, 1.807) is 0 Å². The molecule has 1 aromatic rings. The van der Waals surface area contributed by atoms with E-state index in [9.17, 15) is 4.79 Å². The first-order valence-electron chi connectivity index (χ1n) is 6.30. The van der Waals surface area contributed by atoms with Crippen molar-refractivity contribution in [3.05, 3.63) is 34.3 Å². The Labute approximate surface area is 121 Å². The SMILES string of the molecule is N#CCN1CCN(C(=O)Cc2ccc(Br)cc2)CC1. The van der Waals surface area contributed by atoms with Gasteiger partial charge < -0.3 is 4.90 Å². The number of amides is 1. The maximum absolute atomic E-state index is 12.1. The van der Waals surface area contributed by atoms with Crippen LogP contribution in [-0.4, -0.2) is 48.4 Å². The van der Waals surface area contributed by atoms with Gasteiger partial charge in [0.15, 0.2) is 0 Å². The quantitative estimate of drug-likeness (QED) is 0.795. The van der Waals surface area contributed by atoms with Gasteiger partial charge in [-0.15, -0.1) is 0 Å². The van der Waals surface area contributed by atoms with Gasteiger partial charge in [0, 0.05) is 30.7 Å². The molecule has 2 rings (SSSR count). The maximum atomic E-state index is 12.1. The molecular formula is C14H16BrN3O. The van der Waals surface area contributed by atoms with E-state index in [4.69, 9.17) is 5.26 Å². The molecular weight excluding hydrogens is 306 g/mol. The summed E-state index contributed by atoms with van der Waals surface area (Å²) in [5.41, 5.74) is 1.03. The van der Waals surface area contributed by atoms with Crippen molar-refractivity contribution in [1.29, 1.82) is 5.26 Å². The molecule has 0 saturated carbocycles. The van der Waals surface area contributed by atoms with Gasteiger partial charge in [-0.1, -0.05) is 28.1 Å². The molecule has 0 unspecified atom stereocenters. The van der Waals surface area contributed by atoms with E-state index in [2.05, 4.69) is 26.9 Å².